The number of rotatable bonds is 9. The van der Waals surface area contributed by atoms with Gasteiger partial charge in [-0.25, -0.2) is 9.48 Å². The Bertz CT molecular complexity index is 1100. The maximum Gasteiger partial charge on any atom is 0.388 e. The molecule has 0 amide bonds. The molecule has 1 unspecified atom stereocenters. The van der Waals surface area contributed by atoms with E-state index in [2.05, 4.69) is 9.84 Å². The molecule has 7 nitrogen and oxygen atoms in total. The lowest BCUT2D eigenvalue weighted by Gasteiger charge is -2.26. The lowest BCUT2D eigenvalue weighted by Crippen LogP contribution is -2.47. The van der Waals surface area contributed by atoms with Crippen LogP contribution in [0.2, 0.25) is 5.02 Å². The van der Waals surface area contributed by atoms with Crippen molar-refractivity contribution >= 4 is 17.6 Å². The molecular formula is C22H21ClF2N2O5. The van der Waals surface area contributed by atoms with Gasteiger partial charge in [0.25, 0.3) is 0 Å². The van der Waals surface area contributed by atoms with E-state index >= 15 is 0 Å². The number of nitrogens with zero attached hydrogens (tertiary/aromatic N) is 2. The Morgan fingerprint density at radius 3 is 2.50 bits per heavy atom. The first-order chi connectivity index (χ1) is 15.1. The number of halogens is 3. The Morgan fingerprint density at radius 2 is 1.91 bits per heavy atom. The molecule has 0 aliphatic heterocycles. The Balaban J connectivity index is 1.73. The number of aromatic nitrogens is 2. The topological polar surface area (TPSA) is 82.8 Å². The average Bonchev–Trinajstić information content (AvgIpc) is 3.00. The van der Waals surface area contributed by atoms with Crippen LogP contribution in [0, 0.1) is 6.92 Å². The van der Waals surface area contributed by atoms with Gasteiger partial charge in [0, 0.05) is 12.6 Å². The third-order valence-corrected chi connectivity index (χ3v) is 4.91. The van der Waals surface area contributed by atoms with E-state index in [-0.39, 0.29) is 23.2 Å². The standard InChI is InChI=1S/C22H21ClF2N2O5/c1-13-5-4-6-16(11-13)32-22(2,20(28)29)12-30-15-9-7-14(8-10-15)18-17(23)19(27(3)26-18)31-21(24)25/h4-11,21H,12H2,1-3H3,(H,28,29). The number of carboxylic acids is 1. The van der Waals surface area contributed by atoms with Gasteiger partial charge in [-0.05, 0) is 55.8 Å². The summed E-state index contributed by atoms with van der Waals surface area (Å²) in [6.07, 6.45) is 0. The van der Waals surface area contributed by atoms with E-state index in [4.69, 9.17) is 21.1 Å². The van der Waals surface area contributed by atoms with Crippen LogP contribution in [0.5, 0.6) is 17.4 Å². The zero-order valence-electron chi connectivity index (χ0n) is 17.5. The minimum absolute atomic E-state index is 0.0496. The highest BCUT2D eigenvalue weighted by molar-refractivity contribution is 6.34. The van der Waals surface area contributed by atoms with Crippen molar-refractivity contribution in [1.82, 2.24) is 9.78 Å². The van der Waals surface area contributed by atoms with Crippen molar-refractivity contribution in [2.24, 2.45) is 7.05 Å². The average molecular weight is 467 g/mol. The van der Waals surface area contributed by atoms with E-state index in [1.54, 1.807) is 42.5 Å². The lowest BCUT2D eigenvalue weighted by molar-refractivity contribution is -0.156. The first-order valence-electron chi connectivity index (χ1n) is 9.48. The molecular weight excluding hydrogens is 446 g/mol. The molecule has 0 saturated carbocycles. The third kappa shape index (κ3) is 5.28. The second-order valence-electron chi connectivity index (χ2n) is 7.24. The molecule has 1 N–H and O–H groups in total. The molecule has 3 aromatic rings. The predicted molar refractivity (Wildman–Crippen MR) is 114 cm³/mol. The molecule has 1 atom stereocenters. The summed E-state index contributed by atoms with van der Waals surface area (Å²) in [5.41, 5.74) is 0.105. The zero-order chi connectivity index (χ0) is 23.5. The number of hydrogen-bond acceptors (Lipinski definition) is 5. The monoisotopic (exact) mass is 466 g/mol. The minimum Gasteiger partial charge on any atom is -0.489 e. The van der Waals surface area contributed by atoms with Crippen LogP contribution in [0.3, 0.4) is 0 Å². The van der Waals surface area contributed by atoms with E-state index in [9.17, 15) is 18.7 Å². The number of aryl methyl sites for hydroxylation is 2. The van der Waals surface area contributed by atoms with Crippen LogP contribution in [-0.2, 0) is 11.8 Å². The smallest absolute Gasteiger partial charge is 0.388 e. The van der Waals surface area contributed by atoms with E-state index in [1.165, 1.54) is 14.0 Å². The fraction of sp³-hybridized carbons (Fsp3) is 0.273. The molecule has 3 rings (SSSR count). The van der Waals surface area contributed by atoms with Crippen LogP contribution in [0.4, 0.5) is 8.78 Å². The van der Waals surface area contributed by atoms with Gasteiger partial charge < -0.3 is 19.3 Å². The number of ether oxygens (including phenoxy) is 3. The summed E-state index contributed by atoms with van der Waals surface area (Å²) in [5.74, 6) is -0.629. The Labute approximate surface area is 188 Å². The second-order valence-corrected chi connectivity index (χ2v) is 7.62. The highest BCUT2D eigenvalue weighted by Gasteiger charge is 2.37. The number of benzene rings is 2. The molecule has 0 saturated heterocycles. The predicted octanol–water partition coefficient (Wildman–Crippen LogP) is 4.95. The molecule has 2 aromatic carbocycles. The summed E-state index contributed by atoms with van der Waals surface area (Å²) in [6.45, 7) is 0.00726. The first-order valence-corrected chi connectivity index (χ1v) is 9.86. The van der Waals surface area contributed by atoms with Crippen LogP contribution in [0.15, 0.2) is 48.5 Å². The van der Waals surface area contributed by atoms with E-state index in [0.29, 0.717) is 17.1 Å². The highest BCUT2D eigenvalue weighted by Crippen LogP contribution is 2.36. The SMILES string of the molecule is Cc1cccc(OC(C)(COc2ccc(-c3nn(C)c(OC(F)F)c3Cl)cc2)C(=O)O)c1. The van der Waals surface area contributed by atoms with Crippen LogP contribution >= 0.6 is 11.6 Å². The van der Waals surface area contributed by atoms with E-state index in [1.807, 2.05) is 13.0 Å². The Morgan fingerprint density at radius 1 is 1.22 bits per heavy atom. The van der Waals surface area contributed by atoms with Crippen LogP contribution in [0.25, 0.3) is 11.3 Å². The molecule has 170 valence electrons. The van der Waals surface area contributed by atoms with Crippen LogP contribution in [0.1, 0.15) is 12.5 Å². The fourth-order valence-corrected chi connectivity index (χ4v) is 3.20. The number of aliphatic carboxylic acids is 1. The van der Waals surface area contributed by atoms with Gasteiger partial charge in [-0.3, -0.25) is 0 Å². The summed E-state index contributed by atoms with van der Waals surface area (Å²) < 4.78 is 42.0. The number of hydrogen-bond donors (Lipinski definition) is 1. The van der Waals surface area contributed by atoms with Crippen molar-refractivity contribution in [3.8, 4) is 28.6 Å². The molecule has 1 heterocycles. The molecule has 0 bridgehead atoms. The number of carbonyl (C=O) groups is 1. The van der Waals surface area contributed by atoms with Crippen molar-refractivity contribution in [2.75, 3.05) is 6.61 Å². The third-order valence-electron chi connectivity index (χ3n) is 4.57. The molecule has 32 heavy (non-hydrogen) atoms. The maximum atomic E-state index is 12.5. The van der Waals surface area contributed by atoms with Gasteiger partial charge in [0.15, 0.2) is 0 Å². The summed E-state index contributed by atoms with van der Waals surface area (Å²) in [7, 11) is 1.44. The van der Waals surface area contributed by atoms with Crippen molar-refractivity contribution in [1.29, 1.82) is 0 Å². The van der Waals surface area contributed by atoms with E-state index in [0.717, 1.165) is 10.2 Å². The molecule has 0 aliphatic carbocycles. The summed E-state index contributed by atoms with van der Waals surface area (Å²) >= 11 is 6.14. The van der Waals surface area contributed by atoms with Crippen molar-refractivity contribution in [3.63, 3.8) is 0 Å². The van der Waals surface area contributed by atoms with Gasteiger partial charge in [0.1, 0.15) is 28.8 Å². The molecule has 0 spiro atoms. The van der Waals surface area contributed by atoms with Gasteiger partial charge >= 0.3 is 12.6 Å². The van der Waals surface area contributed by atoms with Crippen molar-refractivity contribution < 1.29 is 32.9 Å². The number of alkyl halides is 2. The fourth-order valence-electron chi connectivity index (χ4n) is 2.88. The van der Waals surface area contributed by atoms with Crippen LogP contribution < -0.4 is 14.2 Å². The second kappa shape index (κ2) is 9.44. The zero-order valence-corrected chi connectivity index (χ0v) is 18.3. The molecule has 0 fully saturated rings. The summed E-state index contributed by atoms with van der Waals surface area (Å²) in [4.78, 5) is 11.8. The Hall–Kier alpha value is -3.33. The first kappa shape index (κ1) is 23.3. The highest BCUT2D eigenvalue weighted by atomic mass is 35.5. The van der Waals surface area contributed by atoms with Gasteiger partial charge in [-0.15, -0.1) is 0 Å². The minimum atomic E-state index is -3.03. The van der Waals surface area contributed by atoms with Crippen LogP contribution in [-0.4, -0.2) is 39.7 Å². The van der Waals surface area contributed by atoms with Crippen molar-refractivity contribution in [2.45, 2.75) is 26.1 Å². The van der Waals surface area contributed by atoms with E-state index < -0.39 is 18.2 Å². The van der Waals surface area contributed by atoms with Gasteiger partial charge in [0.2, 0.25) is 11.5 Å². The van der Waals surface area contributed by atoms with Gasteiger partial charge in [-0.1, -0.05) is 23.7 Å². The molecule has 0 radical (unpaired) electrons. The summed E-state index contributed by atoms with van der Waals surface area (Å²) in [5, 5.41) is 13.7. The Kier molecular flexibility index (Phi) is 6.88. The quantitative estimate of drug-likeness (QED) is 0.480. The van der Waals surface area contributed by atoms with Crippen molar-refractivity contribution in [3.05, 3.63) is 59.1 Å². The van der Waals surface area contributed by atoms with Gasteiger partial charge in [0.05, 0.1) is 0 Å². The van der Waals surface area contributed by atoms with Gasteiger partial charge in [-0.2, -0.15) is 13.9 Å². The summed E-state index contributed by atoms with van der Waals surface area (Å²) in [6, 6.07) is 13.5. The molecule has 1 aromatic heterocycles. The normalized spacial score (nSPS) is 13.0. The molecule has 10 heteroatoms. The number of carboxylic acid groups (broad SMARTS) is 1. The maximum absolute atomic E-state index is 12.5. The molecule has 0 aliphatic rings. The largest absolute Gasteiger partial charge is 0.489 e. The lowest BCUT2D eigenvalue weighted by atomic mass is 10.1.